The zero-order valence-electron chi connectivity index (χ0n) is 12.7. The molecule has 0 radical (unpaired) electrons. The highest BCUT2D eigenvalue weighted by atomic mass is 16.3. The summed E-state index contributed by atoms with van der Waals surface area (Å²) in [6.07, 6.45) is -0.686. The normalized spacial score (nSPS) is 11.9. The Bertz CT molecular complexity index is 886. The summed E-state index contributed by atoms with van der Waals surface area (Å²) in [4.78, 5) is 8.29. The van der Waals surface area contributed by atoms with Gasteiger partial charge in [-0.25, -0.2) is 9.97 Å². The standard InChI is InChI=1S/C18H16N4O/c1-12-8-16(10-19)22-18(21-12)20-11-17(23)15-7-6-13-4-2-3-5-14(13)9-15/h2-9,17,23H,11H2,1H3,(H,20,21,22)/t17-/m1/s1. The van der Waals surface area contributed by atoms with Gasteiger partial charge >= 0.3 is 0 Å². The first-order chi connectivity index (χ1) is 11.2. The minimum Gasteiger partial charge on any atom is -0.387 e. The Labute approximate surface area is 134 Å². The molecule has 3 rings (SSSR count). The Balaban J connectivity index is 1.74. The van der Waals surface area contributed by atoms with Crippen LogP contribution < -0.4 is 5.32 Å². The van der Waals surface area contributed by atoms with E-state index in [4.69, 9.17) is 5.26 Å². The van der Waals surface area contributed by atoms with E-state index in [0.29, 0.717) is 17.3 Å². The molecule has 5 heteroatoms. The Hall–Kier alpha value is -2.97. The number of hydrogen-bond acceptors (Lipinski definition) is 5. The number of nitrogens with zero attached hydrogens (tertiary/aromatic N) is 3. The number of anilines is 1. The number of hydrogen-bond donors (Lipinski definition) is 2. The lowest BCUT2D eigenvalue weighted by molar-refractivity contribution is 0.191. The Morgan fingerprint density at radius 3 is 2.70 bits per heavy atom. The van der Waals surface area contributed by atoms with Crippen LogP contribution in [0.4, 0.5) is 5.95 Å². The average molecular weight is 304 g/mol. The molecule has 114 valence electrons. The minimum atomic E-state index is -0.686. The summed E-state index contributed by atoms with van der Waals surface area (Å²) in [5.41, 5.74) is 1.84. The molecule has 0 bridgehead atoms. The van der Waals surface area contributed by atoms with E-state index >= 15 is 0 Å². The van der Waals surface area contributed by atoms with Crippen molar-refractivity contribution < 1.29 is 5.11 Å². The Morgan fingerprint density at radius 1 is 1.13 bits per heavy atom. The molecule has 0 amide bonds. The van der Waals surface area contributed by atoms with Gasteiger partial charge in [0.25, 0.3) is 0 Å². The van der Waals surface area contributed by atoms with Crippen LogP contribution in [0.25, 0.3) is 10.8 Å². The van der Waals surface area contributed by atoms with Crippen LogP contribution in [-0.2, 0) is 0 Å². The maximum Gasteiger partial charge on any atom is 0.224 e. The van der Waals surface area contributed by atoms with Gasteiger partial charge in [0.2, 0.25) is 5.95 Å². The van der Waals surface area contributed by atoms with Crippen molar-refractivity contribution in [3.8, 4) is 6.07 Å². The first-order valence-corrected chi connectivity index (χ1v) is 7.32. The van der Waals surface area contributed by atoms with Crippen molar-refractivity contribution in [1.82, 2.24) is 9.97 Å². The summed E-state index contributed by atoms with van der Waals surface area (Å²) in [6.45, 7) is 2.07. The Morgan fingerprint density at radius 2 is 1.91 bits per heavy atom. The summed E-state index contributed by atoms with van der Waals surface area (Å²) in [7, 11) is 0. The fourth-order valence-corrected chi connectivity index (χ4v) is 2.43. The van der Waals surface area contributed by atoms with E-state index in [1.807, 2.05) is 48.5 Å². The summed E-state index contributed by atoms with van der Waals surface area (Å²) in [5, 5.41) is 24.5. The van der Waals surface area contributed by atoms with Gasteiger partial charge in [0, 0.05) is 12.2 Å². The van der Waals surface area contributed by atoms with Crippen LogP contribution in [0.15, 0.2) is 48.5 Å². The number of fused-ring (bicyclic) bond motifs is 1. The first-order valence-electron chi connectivity index (χ1n) is 7.32. The van der Waals surface area contributed by atoms with E-state index in [9.17, 15) is 5.11 Å². The lowest BCUT2D eigenvalue weighted by Crippen LogP contribution is -2.14. The number of benzene rings is 2. The minimum absolute atomic E-state index is 0.270. The van der Waals surface area contributed by atoms with Gasteiger partial charge in [0.15, 0.2) is 0 Å². The van der Waals surface area contributed by atoms with Crippen LogP contribution in [-0.4, -0.2) is 21.6 Å². The van der Waals surface area contributed by atoms with Crippen LogP contribution in [0.1, 0.15) is 23.1 Å². The third-order valence-corrected chi connectivity index (χ3v) is 3.58. The monoisotopic (exact) mass is 304 g/mol. The van der Waals surface area contributed by atoms with Gasteiger partial charge in [-0.2, -0.15) is 5.26 Å². The number of aliphatic hydroxyl groups excluding tert-OH is 1. The molecule has 0 fully saturated rings. The molecule has 23 heavy (non-hydrogen) atoms. The number of aryl methyl sites for hydroxylation is 1. The molecule has 5 nitrogen and oxygen atoms in total. The number of aromatic nitrogens is 2. The topological polar surface area (TPSA) is 81.8 Å². The average Bonchev–Trinajstić information content (AvgIpc) is 2.58. The zero-order valence-corrected chi connectivity index (χ0v) is 12.7. The van der Waals surface area contributed by atoms with Crippen molar-refractivity contribution in [3.63, 3.8) is 0 Å². The van der Waals surface area contributed by atoms with Crippen LogP contribution in [0, 0.1) is 18.3 Å². The molecule has 1 heterocycles. The third kappa shape index (κ3) is 3.44. The smallest absolute Gasteiger partial charge is 0.224 e. The lowest BCUT2D eigenvalue weighted by Gasteiger charge is -2.13. The van der Waals surface area contributed by atoms with E-state index in [1.165, 1.54) is 0 Å². The van der Waals surface area contributed by atoms with Crippen molar-refractivity contribution in [2.75, 3.05) is 11.9 Å². The molecule has 1 atom stereocenters. The second kappa shape index (κ2) is 6.42. The molecule has 0 aliphatic rings. The molecule has 0 saturated heterocycles. The van der Waals surface area contributed by atoms with Crippen LogP contribution in [0.5, 0.6) is 0 Å². The highest BCUT2D eigenvalue weighted by Gasteiger charge is 2.09. The molecule has 0 unspecified atom stereocenters. The number of nitrogens with one attached hydrogen (secondary N) is 1. The second-order valence-electron chi connectivity index (χ2n) is 5.33. The molecule has 0 spiro atoms. The van der Waals surface area contributed by atoms with Gasteiger partial charge in [-0.1, -0.05) is 36.4 Å². The molecule has 2 aromatic carbocycles. The van der Waals surface area contributed by atoms with Crippen LogP contribution in [0.2, 0.25) is 0 Å². The Kier molecular flexibility index (Phi) is 4.18. The van der Waals surface area contributed by atoms with E-state index in [2.05, 4.69) is 15.3 Å². The summed E-state index contributed by atoms with van der Waals surface area (Å²) in [5.74, 6) is 0.349. The zero-order chi connectivity index (χ0) is 16.2. The van der Waals surface area contributed by atoms with Gasteiger partial charge in [0.1, 0.15) is 11.8 Å². The van der Waals surface area contributed by atoms with Crippen molar-refractivity contribution in [2.45, 2.75) is 13.0 Å². The van der Waals surface area contributed by atoms with Crippen molar-refractivity contribution in [3.05, 3.63) is 65.5 Å². The van der Waals surface area contributed by atoms with E-state index in [-0.39, 0.29) is 6.54 Å². The molecular weight excluding hydrogens is 288 g/mol. The first kappa shape index (κ1) is 14.9. The number of nitriles is 1. The maximum absolute atomic E-state index is 10.4. The highest BCUT2D eigenvalue weighted by molar-refractivity contribution is 5.83. The van der Waals surface area contributed by atoms with E-state index in [1.54, 1.807) is 13.0 Å². The van der Waals surface area contributed by atoms with Gasteiger partial charge in [-0.05, 0) is 35.4 Å². The van der Waals surface area contributed by atoms with Gasteiger partial charge < -0.3 is 10.4 Å². The van der Waals surface area contributed by atoms with E-state index < -0.39 is 6.10 Å². The number of aliphatic hydroxyl groups is 1. The third-order valence-electron chi connectivity index (χ3n) is 3.58. The molecule has 0 aliphatic heterocycles. The van der Waals surface area contributed by atoms with Crippen LogP contribution >= 0.6 is 0 Å². The predicted molar refractivity (Wildman–Crippen MR) is 88.9 cm³/mol. The lowest BCUT2D eigenvalue weighted by atomic mass is 10.0. The fraction of sp³-hybridized carbons (Fsp3) is 0.167. The molecule has 2 N–H and O–H groups in total. The fourth-order valence-electron chi connectivity index (χ4n) is 2.43. The van der Waals surface area contributed by atoms with Gasteiger partial charge in [-0.3, -0.25) is 0 Å². The van der Waals surface area contributed by atoms with Crippen molar-refractivity contribution in [1.29, 1.82) is 5.26 Å². The molecule has 0 aliphatic carbocycles. The second-order valence-corrected chi connectivity index (χ2v) is 5.33. The predicted octanol–water partition coefficient (Wildman–Crippen LogP) is 2.96. The SMILES string of the molecule is Cc1cc(C#N)nc(NC[C@@H](O)c2ccc3ccccc3c2)n1. The quantitative estimate of drug-likeness (QED) is 0.774. The number of rotatable bonds is 4. The molecular formula is C18H16N4O. The van der Waals surface area contributed by atoms with Crippen molar-refractivity contribution in [2.24, 2.45) is 0 Å². The van der Waals surface area contributed by atoms with E-state index in [0.717, 1.165) is 16.3 Å². The largest absolute Gasteiger partial charge is 0.387 e. The molecule has 3 aromatic rings. The maximum atomic E-state index is 10.4. The van der Waals surface area contributed by atoms with Crippen LogP contribution in [0.3, 0.4) is 0 Å². The van der Waals surface area contributed by atoms with Gasteiger partial charge in [-0.15, -0.1) is 0 Å². The summed E-state index contributed by atoms with van der Waals surface area (Å²) >= 11 is 0. The van der Waals surface area contributed by atoms with Gasteiger partial charge in [0.05, 0.1) is 6.10 Å². The summed E-state index contributed by atoms with van der Waals surface area (Å²) in [6, 6.07) is 17.5. The molecule has 0 saturated carbocycles. The van der Waals surface area contributed by atoms with Crippen molar-refractivity contribution >= 4 is 16.7 Å². The molecule has 1 aromatic heterocycles. The summed E-state index contributed by atoms with van der Waals surface area (Å²) < 4.78 is 0. The highest BCUT2D eigenvalue weighted by Crippen LogP contribution is 2.20.